The van der Waals surface area contributed by atoms with Crippen LogP contribution in [0.2, 0.25) is 0 Å². The fraction of sp³-hybridized carbons (Fsp3) is 0.700. The van der Waals surface area contributed by atoms with E-state index in [1.165, 1.54) is 13.1 Å². The molecule has 1 aromatic rings. The van der Waals surface area contributed by atoms with Crippen molar-refractivity contribution >= 4 is 10.0 Å². The number of nitrogens with zero attached hydrogens (tertiary/aromatic N) is 2. The van der Waals surface area contributed by atoms with Crippen LogP contribution in [0.15, 0.2) is 11.2 Å². The van der Waals surface area contributed by atoms with Gasteiger partial charge in [0.05, 0.1) is 6.10 Å². The smallest absolute Gasteiger partial charge is 0.259 e. The summed E-state index contributed by atoms with van der Waals surface area (Å²) < 4.78 is 27.7. The maximum Gasteiger partial charge on any atom is 0.259 e. The lowest BCUT2D eigenvalue weighted by atomic mass is 10.4. The van der Waals surface area contributed by atoms with Crippen molar-refractivity contribution in [2.45, 2.75) is 44.9 Å². The minimum atomic E-state index is -3.62. The molecular formula is C10H19N3O3S. The van der Waals surface area contributed by atoms with Crippen LogP contribution in [0.5, 0.6) is 0 Å². The van der Waals surface area contributed by atoms with E-state index < -0.39 is 16.1 Å². The first kappa shape index (κ1) is 14.1. The number of aliphatic hydroxyl groups is 1. The van der Waals surface area contributed by atoms with Gasteiger partial charge in [-0.2, -0.15) is 0 Å². The minimum absolute atomic E-state index is 0.00380. The molecule has 0 aliphatic carbocycles. The van der Waals surface area contributed by atoms with Crippen molar-refractivity contribution in [3.05, 3.63) is 12.0 Å². The molecule has 0 bridgehead atoms. The number of rotatable bonds is 6. The molecule has 0 saturated carbocycles. The number of hydrogen-bond acceptors (Lipinski definition) is 4. The highest BCUT2D eigenvalue weighted by atomic mass is 32.2. The SMILES string of the molecule is CCCn1cc(S(=O)(=O)NCC(C)O)nc1C. The third-order valence-corrected chi connectivity index (χ3v) is 3.56. The highest BCUT2D eigenvalue weighted by Gasteiger charge is 2.19. The Morgan fingerprint density at radius 1 is 1.59 bits per heavy atom. The van der Waals surface area contributed by atoms with Crippen LogP contribution in [0.25, 0.3) is 0 Å². The Bertz CT molecular complexity index is 465. The van der Waals surface area contributed by atoms with E-state index in [0.717, 1.165) is 13.0 Å². The van der Waals surface area contributed by atoms with Crippen LogP contribution >= 0.6 is 0 Å². The first-order chi connectivity index (χ1) is 7.86. The van der Waals surface area contributed by atoms with Gasteiger partial charge in [0.1, 0.15) is 5.82 Å². The fourth-order valence-electron chi connectivity index (χ4n) is 1.38. The second-order valence-corrected chi connectivity index (χ2v) is 5.73. The van der Waals surface area contributed by atoms with Crippen LogP contribution in [0.3, 0.4) is 0 Å². The maximum atomic E-state index is 11.8. The molecule has 0 amide bonds. The van der Waals surface area contributed by atoms with Crippen LogP contribution < -0.4 is 4.72 Å². The second-order valence-electron chi connectivity index (χ2n) is 4.02. The Kier molecular flexibility index (Phi) is 4.67. The van der Waals surface area contributed by atoms with Gasteiger partial charge in [-0.3, -0.25) is 0 Å². The average molecular weight is 261 g/mol. The molecule has 98 valence electrons. The summed E-state index contributed by atoms with van der Waals surface area (Å²) in [5, 5.41) is 9.06. The normalized spacial score (nSPS) is 13.9. The Morgan fingerprint density at radius 3 is 2.76 bits per heavy atom. The summed E-state index contributed by atoms with van der Waals surface area (Å²) in [5.74, 6) is 0.671. The van der Waals surface area contributed by atoms with Crippen LogP contribution in [-0.2, 0) is 16.6 Å². The third-order valence-electron chi connectivity index (χ3n) is 2.26. The molecule has 7 heteroatoms. The predicted molar refractivity (Wildman–Crippen MR) is 64.1 cm³/mol. The largest absolute Gasteiger partial charge is 0.392 e. The summed E-state index contributed by atoms with van der Waals surface area (Å²) in [4.78, 5) is 4.01. The molecule has 2 N–H and O–H groups in total. The van der Waals surface area contributed by atoms with Gasteiger partial charge >= 0.3 is 0 Å². The minimum Gasteiger partial charge on any atom is -0.392 e. The van der Waals surface area contributed by atoms with E-state index in [1.54, 1.807) is 11.5 Å². The van der Waals surface area contributed by atoms with Gasteiger partial charge in [-0.25, -0.2) is 18.1 Å². The highest BCUT2D eigenvalue weighted by molar-refractivity contribution is 7.89. The zero-order valence-corrected chi connectivity index (χ0v) is 11.2. The number of sulfonamides is 1. The van der Waals surface area contributed by atoms with Gasteiger partial charge in [0, 0.05) is 19.3 Å². The lowest BCUT2D eigenvalue weighted by Crippen LogP contribution is -2.30. The lowest BCUT2D eigenvalue weighted by Gasteiger charge is -2.05. The van der Waals surface area contributed by atoms with Crippen molar-refractivity contribution in [2.24, 2.45) is 0 Å². The predicted octanol–water partition coefficient (Wildman–Crippen LogP) is 0.261. The molecule has 0 saturated heterocycles. The topological polar surface area (TPSA) is 84.2 Å². The number of aliphatic hydroxyl groups excluding tert-OH is 1. The van der Waals surface area contributed by atoms with E-state index in [-0.39, 0.29) is 11.6 Å². The summed E-state index contributed by atoms with van der Waals surface area (Å²) >= 11 is 0. The van der Waals surface area contributed by atoms with Gasteiger partial charge in [-0.05, 0) is 20.3 Å². The number of aryl methyl sites for hydroxylation is 2. The van der Waals surface area contributed by atoms with Crippen molar-refractivity contribution in [2.75, 3.05) is 6.54 Å². The van der Waals surface area contributed by atoms with Gasteiger partial charge in [0.2, 0.25) is 0 Å². The van der Waals surface area contributed by atoms with Gasteiger partial charge in [0.25, 0.3) is 10.0 Å². The molecule has 17 heavy (non-hydrogen) atoms. The summed E-state index contributed by atoms with van der Waals surface area (Å²) in [6.07, 6.45) is 1.71. The molecule has 0 spiro atoms. The summed E-state index contributed by atoms with van der Waals surface area (Å²) in [5.41, 5.74) is 0. The molecule has 0 aliphatic rings. The van der Waals surface area contributed by atoms with Gasteiger partial charge in [0.15, 0.2) is 5.03 Å². The lowest BCUT2D eigenvalue weighted by molar-refractivity contribution is 0.198. The first-order valence-electron chi connectivity index (χ1n) is 5.58. The summed E-state index contributed by atoms with van der Waals surface area (Å²) in [7, 11) is -3.62. The zero-order valence-electron chi connectivity index (χ0n) is 10.3. The Morgan fingerprint density at radius 2 is 2.24 bits per heavy atom. The molecule has 1 atom stereocenters. The van der Waals surface area contributed by atoms with Crippen molar-refractivity contribution in [3.63, 3.8) is 0 Å². The second kappa shape index (κ2) is 5.61. The van der Waals surface area contributed by atoms with E-state index in [2.05, 4.69) is 9.71 Å². The third kappa shape index (κ3) is 3.79. The van der Waals surface area contributed by atoms with Crippen LogP contribution in [0.1, 0.15) is 26.1 Å². The number of imidazole rings is 1. The van der Waals surface area contributed by atoms with Crippen LogP contribution in [0, 0.1) is 6.92 Å². The fourth-order valence-corrected chi connectivity index (χ4v) is 2.51. The van der Waals surface area contributed by atoms with Crippen molar-refractivity contribution in [1.29, 1.82) is 0 Å². The molecule has 0 aromatic carbocycles. The van der Waals surface area contributed by atoms with E-state index in [4.69, 9.17) is 5.11 Å². The van der Waals surface area contributed by atoms with Gasteiger partial charge in [-0.15, -0.1) is 0 Å². The Balaban J connectivity index is 2.88. The van der Waals surface area contributed by atoms with E-state index in [1.807, 2.05) is 6.92 Å². The molecule has 0 aliphatic heterocycles. The molecule has 1 heterocycles. The first-order valence-corrected chi connectivity index (χ1v) is 7.06. The highest BCUT2D eigenvalue weighted by Crippen LogP contribution is 2.09. The standard InChI is InChI=1S/C10H19N3O3S/c1-4-5-13-7-10(12-9(13)3)17(15,16)11-6-8(2)14/h7-8,11,14H,4-6H2,1-3H3. The molecule has 1 aromatic heterocycles. The number of hydrogen-bond donors (Lipinski definition) is 2. The van der Waals surface area contributed by atoms with E-state index in [9.17, 15) is 8.42 Å². The Hall–Kier alpha value is -0.920. The molecule has 0 radical (unpaired) electrons. The molecule has 1 unspecified atom stereocenters. The van der Waals surface area contributed by atoms with E-state index in [0.29, 0.717) is 5.82 Å². The quantitative estimate of drug-likeness (QED) is 0.769. The van der Waals surface area contributed by atoms with E-state index >= 15 is 0 Å². The molecular weight excluding hydrogens is 242 g/mol. The van der Waals surface area contributed by atoms with Crippen molar-refractivity contribution in [3.8, 4) is 0 Å². The Labute approximate surface area is 102 Å². The number of aromatic nitrogens is 2. The summed E-state index contributed by atoms with van der Waals surface area (Å²) in [6.45, 7) is 6.03. The maximum absolute atomic E-state index is 11.8. The average Bonchev–Trinajstić information content (AvgIpc) is 2.59. The van der Waals surface area contributed by atoms with Gasteiger partial charge < -0.3 is 9.67 Å². The molecule has 0 fully saturated rings. The van der Waals surface area contributed by atoms with Crippen LogP contribution in [-0.4, -0.2) is 35.7 Å². The number of nitrogens with one attached hydrogen (secondary N) is 1. The van der Waals surface area contributed by atoms with Crippen molar-refractivity contribution < 1.29 is 13.5 Å². The molecule has 1 rings (SSSR count). The zero-order chi connectivity index (χ0) is 13.1. The van der Waals surface area contributed by atoms with Crippen LogP contribution in [0.4, 0.5) is 0 Å². The van der Waals surface area contributed by atoms with Gasteiger partial charge in [-0.1, -0.05) is 6.92 Å². The summed E-state index contributed by atoms with van der Waals surface area (Å²) in [6, 6.07) is 0. The monoisotopic (exact) mass is 261 g/mol. The van der Waals surface area contributed by atoms with Crippen molar-refractivity contribution in [1.82, 2.24) is 14.3 Å². The molecule has 6 nitrogen and oxygen atoms in total.